The van der Waals surface area contributed by atoms with Crippen molar-refractivity contribution in [1.82, 2.24) is 15.4 Å². The van der Waals surface area contributed by atoms with Gasteiger partial charge in [-0.1, -0.05) is 18.2 Å². The highest BCUT2D eigenvalue weighted by Crippen LogP contribution is 2.39. The van der Waals surface area contributed by atoms with Crippen LogP contribution < -0.4 is 10.7 Å². The summed E-state index contributed by atoms with van der Waals surface area (Å²) in [5.74, 6) is 0.798. The number of guanidine groups is 1. The molecule has 0 atom stereocenters. The van der Waals surface area contributed by atoms with Crippen LogP contribution in [0.5, 0.6) is 0 Å². The average Bonchev–Trinajstić information content (AvgIpc) is 2.61. The maximum Gasteiger partial charge on any atom is 0.233 e. The number of benzene rings is 1. The maximum atomic E-state index is 5.25. The molecule has 1 aromatic carbocycles. The number of para-hydroxylation sites is 1. The Morgan fingerprint density at radius 2 is 1.20 bits per heavy atom. The molecule has 2 aliphatic heterocycles. The number of hydrazone groups is 1. The zero-order valence-electron chi connectivity index (χ0n) is 20.5. The zero-order chi connectivity index (χ0) is 22.2. The number of hydrogen-bond acceptors (Lipinski definition) is 3. The maximum absolute atomic E-state index is 5.25. The van der Waals surface area contributed by atoms with E-state index in [-0.39, 0.29) is 22.2 Å². The predicted molar refractivity (Wildman–Crippen MR) is 128 cm³/mol. The molecule has 2 fully saturated rings. The van der Waals surface area contributed by atoms with Crippen molar-refractivity contribution < 1.29 is 0 Å². The van der Waals surface area contributed by atoms with Gasteiger partial charge in [-0.05, 0) is 106 Å². The Bertz CT molecular complexity index is 716. The lowest BCUT2D eigenvalue weighted by molar-refractivity contribution is -0.0546. The fourth-order valence-corrected chi connectivity index (χ4v) is 5.49. The van der Waals surface area contributed by atoms with Gasteiger partial charge in [0.2, 0.25) is 5.96 Å². The summed E-state index contributed by atoms with van der Waals surface area (Å²) in [6.45, 7) is 18.6. The molecule has 30 heavy (non-hydrogen) atoms. The van der Waals surface area contributed by atoms with Crippen LogP contribution in [0.25, 0.3) is 0 Å². The molecular weight excluding hydrogens is 370 g/mol. The van der Waals surface area contributed by atoms with Crippen LogP contribution in [-0.2, 0) is 0 Å². The average molecular weight is 414 g/mol. The Balaban J connectivity index is 1.99. The van der Waals surface area contributed by atoms with Gasteiger partial charge in [0.15, 0.2) is 0 Å². The van der Waals surface area contributed by atoms with Crippen molar-refractivity contribution in [2.24, 2.45) is 5.10 Å². The normalized spacial score (nSPS) is 25.6. The summed E-state index contributed by atoms with van der Waals surface area (Å²) in [6.07, 6.45) is 7.14. The zero-order valence-corrected chi connectivity index (χ0v) is 20.5. The summed E-state index contributed by atoms with van der Waals surface area (Å²) in [5.41, 5.74) is 4.91. The first kappa shape index (κ1) is 22.9. The SMILES string of the molecule is CC1(C)CCCC(C)(C)N1N=C(Nc1ccccc1)NN1C(C)(C)CCCC1(C)C. The molecule has 2 aliphatic rings. The van der Waals surface area contributed by atoms with Crippen LogP contribution in [0.2, 0.25) is 0 Å². The van der Waals surface area contributed by atoms with Gasteiger partial charge < -0.3 is 5.32 Å². The number of anilines is 1. The number of hydrazine groups is 1. The highest BCUT2D eigenvalue weighted by atomic mass is 15.6. The van der Waals surface area contributed by atoms with E-state index < -0.39 is 0 Å². The van der Waals surface area contributed by atoms with E-state index in [2.05, 4.69) is 100 Å². The van der Waals surface area contributed by atoms with E-state index in [1.54, 1.807) is 0 Å². The highest BCUT2D eigenvalue weighted by molar-refractivity contribution is 5.93. The van der Waals surface area contributed by atoms with Gasteiger partial charge in [0.25, 0.3) is 0 Å². The van der Waals surface area contributed by atoms with Gasteiger partial charge in [-0.2, -0.15) is 0 Å². The molecule has 0 saturated carbocycles. The molecule has 0 unspecified atom stereocenters. The van der Waals surface area contributed by atoms with Gasteiger partial charge in [-0.25, -0.2) is 5.01 Å². The summed E-state index contributed by atoms with van der Waals surface area (Å²) in [4.78, 5) is 0. The molecule has 5 heteroatoms. The van der Waals surface area contributed by atoms with Crippen LogP contribution in [0.15, 0.2) is 35.4 Å². The van der Waals surface area contributed by atoms with Gasteiger partial charge in [-0.3, -0.25) is 10.4 Å². The number of hydrogen-bond donors (Lipinski definition) is 2. The Hall–Kier alpha value is -1.75. The molecule has 5 nitrogen and oxygen atoms in total. The van der Waals surface area contributed by atoms with Crippen molar-refractivity contribution in [2.45, 2.75) is 116 Å². The lowest BCUT2D eigenvalue weighted by Gasteiger charge is -2.54. The second kappa shape index (κ2) is 8.07. The number of nitrogens with one attached hydrogen (secondary N) is 2. The molecule has 0 spiro atoms. The van der Waals surface area contributed by atoms with Crippen molar-refractivity contribution in [1.29, 1.82) is 0 Å². The molecule has 2 heterocycles. The molecule has 0 bridgehead atoms. The summed E-state index contributed by atoms with van der Waals surface area (Å²) in [6, 6.07) is 10.3. The lowest BCUT2D eigenvalue weighted by atomic mass is 9.81. The van der Waals surface area contributed by atoms with Crippen LogP contribution in [0, 0.1) is 0 Å². The quantitative estimate of drug-likeness (QED) is 0.474. The summed E-state index contributed by atoms with van der Waals surface area (Å²) < 4.78 is 0. The van der Waals surface area contributed by atoms with E-state index in [0.29, 0.717) is 0 Å². The molecule has 168 valence electrons. The third kappa shape index (κ3) is 4.93. The minimum absolute atomic E-state index is 0.0139. The first-order chi connectivity index (χ1) is 13.8. The largest absolute Gasteiger partial charge is 0.324 e. The lowest BCUT2D eigenvalue weighted by Crippen LogP contribution is -2.66. The molecule has 2 saturated heterocycles. The Labute approximate surface area is 184 Å². The minimum atomic E-state index is 0.0139. The molecule has 0 aliphatic carbocycles. The van der Waals surface area contributed by atoms with Crippen molar-refractivity contribution in [3.8, 4) is 0 Å². The van der Waals surface area contributed by atoms with Crippen molar-refractivity contribution in [3.05, 3.63) is 30.3 Å². The van der Waals surface area contributed by atoms with Gasteiger partial charge in [0, 0.05) is 16.8 Å². The molecule has 0 radical (unpaired) electrons. The van der Waals surface area contributed by atoms with Gasteiger partial charge in [-0.15, -0.1) is 5.10 Å². The van der Waals surface area contributed by atoms with E-state index in [1.165, 1.54) is 25.7 Å². The monoisotopic (exact) mass is 413 g/mol. The van der Waals surface area contributed by atoms with E-state index in [9.17, 15) is 0 Å². The molecule has 0 aromatic heterocycles. The Morgan fingerprint density at radius 3 is 1.70 bits per heavy atom. The van der Waals surface area contributed by atoms with Crippen molar-refractivity contribution >= 4 is 11.6 Å². The van der Waals surface area contributed by atoms with Gasteiger partial charge >= 0.3 is 0 Å². The van der Waals surface area contributed by atoms with Crippen LogP contribution >= 0.6 is 0 Å². The fraction of sp³-hybridized carbons (Fsp3) is 0.720. The third-order valence-corrected chi connectivity index (χ3v) is 6.97. The molecular formula is C25H43N5. The van der Waals surface area contributed by atoms with Crippen LogP contribution in [0.3, 0.4) is 0 Å². The smallest absolute Gasteiger partial charge is 0.233 e. The van der Waals surface area contributed by atoms with Crippen LogP contribution in [-0.4, -0.2) is 38.1 Å². The number of rotatable bonds is 3. The fourth-order valence-electron chi connectivity index (χ4n) is 5.49. The van der Waals surface area contributed by atoms with Crippen molar-refractivity contribution in [2.75, 3.05) is 5.32 Å². The standard InChI is InChI=1S/C25H43N5/c1-22(2)16-12-17-23(3,4)29(22)27-21(26-20-14-10-9-11-15-20)28-30-24(5,6)18-13-19-25(30,7)8/h9-11,14-15H,12-13,16-19H2,1-8H3,(H2,26,27,28). The van der Waals surface area contributed by atoms with E-state index in [0.717, 1.165) is 24.5 Å². The van der Waals surface area contributed by atoms with E-state index in [4.69, 9.17) is 5.10 Å². The first-order valence-electron chi connectivity index (χ1n) is 11.6. The third-order valence-electron chi connectivity index (χ3n) is 6.97. The Kier molecular flexibility index (Phi) is 6.16. The van der Waals surface area contributed by atoms with Gasteiger partial charge in [0.1, 0.15) is 0 Å². The summed E-state index contributed by atoms with van der Waals surface area (Å²) in [7, 11) is 0. The molecule has 0 amide bonds. The minimum Gasteiger partial charge on any atom is -0.324 e. The highest BCUT2D eigenvalue weighted by Gasteiger charge is 2.44. The van der Waals surface area contributed by atoms with E-state index >= 15 is 0 Å². The molecule has 1 aromatic rings. The van der Waals surface area contributed by atoms with Crippen LogP contribution in [0.1, 0.15) is 93.9 Å². The second-order valence-corrected chi connectivity index (χ2v) is 11.7. The van der Waals surface area contributed by atoms with Gasteiger partial charge in [0.05, 0.1) is 11.1 Å². The summed E-state index contributed by atoms with van der Waals surface area (Å²) >= 11 is 0. The number of nitrogens with zero attached hydrogens (tertiary/aromatic N) is 3. The first-order valence-corrected chi connectivity index (χ1v) is 11.6. The molecule has 3 rings (SSSR count). The second-order valence-electron chi connectivity index (χ2n) is 11.7. The van der Waals surface area contributed by atoms with Crippen LogP contribution in [0.4, 0.5) is 5.69 Å². The topological polar surface area (TPSA) is 42.9 Å². The Morgan fingerprint density at radius 1 is 0.733 bits per heavy atom. The summed E-state index contributed by atoms with van der Waals surface area (Å²) in [5, 5.41) is 13.6. The van der Waals surface area contributed by atoms with E-state index in [1.807, 2.05) is 6.07 Å². The van der Waals surface area contributed by atoms with Crippen molar-refractivity contribution in [3.63, 3.8) is 0 Å². The number of piperidine rings is 2. The molecule has 2 N–H and O–H groups in total. The predicted octanol–water partition coefficient (Wildman–Crippen LogP) is 5.96.